The van der Waals surface area contributed by atoms with Gasteiger partial charge in [-0.05, 0) is 38.0 Å². The number of aromatic nitrogens is 4. The number of nitrogens with zero attached hydrogens (tertiary/aromatic N) is 5. The smallest absolute Gasteiger partial charge is 0.307 e. The van der Waals surface area contributed by atoms with E-state index in [1.54, 1.807) is 30.7 Å². The molecule has 152 valence electrons. The Balaban J connectivity index is 1.79. The van der Waals surface area contributed by atoms with Gasteiger partial charge in [0.1, 0.15) is 24.3 Å². The van der Waals surface area contributed by atoms with Crippen molar-refractivity contribution in [1.82, 2.24) is 19.6 Å². The van der Waals surface area contributed by atoms with Crippen LogP contribution in [-0.2, 0) is 11.3 Å². The lowest BCUT2D eigenvalue weighted by atomic mass is 10.2. The Bertz CT molecular complexity index is 1040. The molecule has 0 fully saturated rings. The fourth-order valence-electron chi connectivity index (χ4n) is 3.09. The van der Waals surface area contributed by atoms with Crippen LogP contribution in [0.2, 0.25) is 0 Å². The molecular formula is C19H21FN6O3. The molecule has 1 unspecified atom stereocenters. The molecule has 9 nitrogen and oxygen atoms in total. The normalized spacial score (nSPS) is 12.0. The summed E-state index contributed by atoms with van der Waals surface area (Å²) in [5, 5.41) is 22.1. The maximum Gasteiger partial charge on any atom is 0.307 e. The highest BCUT2D eigenvalue weighted by molar-refractivity contribution is 5.94. The second kappa shape index (κ2) is 8.21. The molecule has 0 bridgehead atoms. The van der Waals surface area contributed by atoms with Gasteiger partial charge in [0.2, 0.25) is 5.91 Å². The van der Waals surface area contributed by atoms with Crippen LogP contribution in [-0.4, -0.2) is 30.4 Å². The molecule has 0 radical (unpaired) electrons. The van der Waals surface area contributed by atoms with Crippen molar-refractivity contribution in [2.75, 3.05) is 5.32 Å². The third-order valence-corrected chi connectivity index (χ3v) is 4.68. The monoisotopic (exact) mass is 400 g/mol. The first-order chi connectivity index (χ1) is 13.8. The summed E-state index contributed by atoms with van der Waals surface area (Å²) in [7, 11) is 0. The number of halogens is 1. The third kappa shape index (κ3) is 4.31. The largest absolute Gasteiger partial charge is 0.321 e. The zero-order valence-electron chi connectivity index (χ0n) is 16.3. The van der Waals surface area contributed by atoms with Crippen LogP contribution in [0, 0.1) is 29.8 Å². The molecule has 1 aromatic carbocycles. The Morgan fingerprint density at radius 2 is 2.00 bits per heavy atom. The van der Waals surface area contributed by atoms with Crippen molar-refractivity contribution < 1.29 is 14.1 Å². The predicted molar refractivity (Wildman–Crippen MR) is 104 cm³/mol. The minimum atomic E-state index is -0.692. The van der Waals surface area contributed by atoms with E-state index >= 15 is 0 Å². The molecule has 0 spiro atoms. The first-order valence-electron chi connectivity index (χ1n) is 9.08. The quantitative estimate of drug-likeness (QED) is 0.483. The number of carbonyl (C=O) groups is 1. The first-order valence-corrected chi connectivity index (χ1v) is 9.08. The Morgan fingerprint density at radius 1 is 1.31 bits per heavy atom. The molecule has 29 heavy (non-hydrogen) atoms. The number of benzene rings is 1. The maximum atomic E-state index is 13.1. The van der Waals surface area contributed by atoms with Crippen molar-refractivity contribution in [3.8, 4) is 0 Å². The summed E-state index contributed by atoms with van der Waals surface area (Å²) in [6, 6.07) is 5.45. The molecule has 10 heteroatoms. The second-order valence-corrected chi connectivity index (χ2v) is 6.68. The lowest BCUT2D eigenvalue weighted by Crippen LogP contribution is -2.26. The summed E-state index contributed by atoms with van der Waals surface area (Å²) in [5.74, 6) is -0.641. The number of hydrogen-bond acceptors (Lipinski definition) is 5. The van der Waals surface area contributed by atoms with Crippen LogP contribution in [0.25, 0.3) is 0 Å². The standard InChI is InChI=1S/C19H21FN6O3/c1-4-17(25-11-16(9-21-25)26(28)29)19(27)22-18-12(2)23-24(13(18)3)10-14-5-7-15(20)8-6-14/h5-9,11,17H,4,10H2,1-3H3,(H,22,27). The van der Waals surface area contributed by atoms with Gasteiger partial charge in [-0.2, -0.15) is 10.2 Å². The van der Waals surface area contributed by atoms with Crippen molar-refractivity contribution >= 4 is 17.3 Å². The SMILES string of the molecule is CCC(C(=O)Nc1c(C)nn(Cc2ccc(F)cc2)c1C)n1cc([N+](=O)[O-])cn1. The Kier molecular flexibility index (Phi) is 5.71. The summed E-state index contributed by atoms with van der Waals surface area (Å²) >= 11 is 0. The number of aryl methyl sites for hydroxylation is 1. The minimum absolute atomic E-state index is 0.171. The molecule has 1 amide bonds. The van der Waals surface area contributed by atoms with Gasteiger partial charge in [0.05, 0.1) is 28.5 Å². The highest BCUT2D eigenvalue weighted by Crippen LogP contribution is 2.23. The van der Waals surface area contributed by atoms with E-state index < -0.39 is 11.0 Å². The van der Waals surface area contributed by atoms with Gasteiger partial charge >= 0.3 is 5.69 Å². The molecule has 1 atom stereocenters. The molecule has 0 saturated carbocycles. The predicted octanol–water partition coefficient (Wildman–Crippen LogP) is 3.38. The van der Waals surface area contributed by atoms with E-state index in [0.717, 1.165) is 17.5 Å². The van der Waals surface area contributed by atoms with E-state index in [2.05, 4.69) is 15.5 Å². The topological polar surface area (TPSA) is 108 Å². The first kappa shape index (κ1) is 20.2. The lowest BCUT2D eigenvalue weighted by molar-refractivity contribution is -0.385. The molecule has 0 aliphatic heterocycles. The number of hydrogen-bond donors (Lipinski definition) is 1. The van der Waals surface area contributed by atoms with Gasteiger partial charge in [-0.25, -0.2) is 4.39 Å². The maximum absolute atomic E-state index is 13.1. The van der Waals surface area contributed by atoms with Crippen molar-refractivity contribution in [1.29, 1.82) is 0 Å². The van der Waals surface area contributed by atoms with Gasteiger partial charge < -0.3 is 5.32 Å². The average Bonchev–Trinajstić information content (AvgIpc) is 3.26. The summed E-state index contributed by atoms with van der Waals surface area (Å²) in [4.78, 5) is 23.1. The molecule has 3 rings (SSSR count). The molecule has 0 aliphatic rings. The van der Waals surface area contributed by atoms with Crippen LogP contribution in [0.3, 0.4) is 0 Å². The molecule has 0 saturated heterocycles. The average molecular weight is 400 g/mol. The van der Waals surface area contributed by atoms with E-state index in [1.807, 2.05) is 6.92 Å². The van der Waals surface area contributed by atoms with Crippen LogP contribution >= 0.6 is 0 Å². The second-order valence-electron chi connectivity index (χ2n) is 6.68. The van der Waals surface area contributed by atoms with Gasteiger partial charge in [0, 0.05) is 0 Å². The molecule has 3 aromatic rings. The molecule has 2 aromatic heterocycles. The Labute approximate surface area is 166 Å². The van der Waals surface area contributed by atoms with Crippen LogP contribution in [0.4, 0.5) is 15.8 Å². The molecule has 2 heterocycles. The summed E-state index contributed by atoms with van der Waals surface area (Å²) in [6.45, 7) is 5.85. The number of carbonyl (C=O) groups excluding carboxylic acids is 1. The number of amides is 1. The van der Waals surface area contributed by atoms with Crippen molar-refractivity contribution in [2.45, 2.75) is 39.8 Å². The van der Waals surface area contributed by atoms with Crippen molar-refractivity contribution in [3.05, 3.63) is 69.5 Å². The van der Waals surface area contributed by atoms with Gasteiger partial charge in [-0.1, -0.05) is 19.1 Å². The summed E-state index contributed by atoms with van der Waals surface area (Å²) < 4.78 is 16.1. The number of nitro groups is 1. The zero-order valence-corrected chi connectivity index (χ0v) is 16.3. The molecule has 1 N–H and O–H groups in total. The fraction of sp³-hybridized carbons (Fsp3) is 0.316. The highest BCUT2D eigenvalue weighted by atomic mass is 19.1. The third-order valence-electron chi connectivity index (χ3n) is 4.68. The lowest BCUT2D eigenvalue weighted by Gasteiger charge is -2.15. The summed E-state index contributed by atoms with van der Waals surface area (Å²) in [5.41, 5.74) is 2.68. The van der Waals surface area contributed by atoms with Gasteiger partial charge in [0.25, 0.3) is 0 Å². The van der Waals surface area contributed by atoms with E-state index in [1.165, 1.54) is 23.0 Å². The van der Waals surface area contributed by atoms with Crippen molar-refractivity contribution in [2.24, 2.45) is 0 Å². The zero-order chi connectivity index (χ0) is 21.1. The Morgan fingerprint density at radius 3 is 2.59 bits per heavy atom. The highest BCUT2D eigenvalue weighted by Gasteiger charge is 2.24. The number of anilines is 1. The van der Waals surface area contributed by atoms with E-state index in [4.69, 9.17) is 0 Å². The van der Waals surface area contributed by atoms with E-state index in [-0.39, 0.29) is 17.4 Å². The number of nitrogens with one attached hydrogen (secondary N) is 1. The minimum Gasteiger partial charge on any atom is -0.321 e. The van der Waals surface area contributed by atoms with Crippen LogP contribution in [0.1, 0.15) is 36.3 Å². The molecule has 0 aliphatic carbocycles. The van der Waals surface area contributed by atoms with Gasteiger partial charge in [-0.3, -0.25) is 24.3 Å². The van der Waals surface area contributed by atoms with Crippen LogP contribution in [0.5, 0.6) is 0 Å². The van der Waals surface area contributed by atoms with E-state index in [0.29, 0.717) is 24.3 Å². The Hall–Kier alpha value is -3.56. The van der Waals surface area contributed by atoms with Crippen LogP contribution < -0.4 is 5.32 Å². The summed E-state index contributed by atoms with van der Waals surface area (Å²) in [6.07, 6.45) is 2.77. The van der Waals surface area contributed by atoms with Crippen LogP contribution in [0.15, 0.2) is 36.7 Å². The fourth-order valence-corrected chi connectivity index (χ4v) is 3.09. The van der Waals surface area contributed by atoms with Crippen molar-refractivity contribution in [3.63, 3.8) is 0 Å². The van der Waals surface area contributed by atoms with E-state index in [9.17, 15) is 19.3 Å². The molecular weight excluding hydrogens is 379 g/mol. The van der Waals surface area contributed by atoms with Gasteiger partial charge in [-0.15, -0.1) is 0 Å². The number of rotatable bonds is 7. The van der Waals surface area contributed by atoms with Gasteiger partial charge in [0.15, 0.2) is 0 Å².